The van der Waals surface area contributed by atoms with Gasteiger partial charge in [0.05, 0.1) is 12.5 Å². The zero-order valence-corrected chi connectivity index (χ0v) is 21.0. The first-order valence-electron chi connectivity index (χ1n) is 12.3. The van der Waals surface area contributed by atoms with Crippen molar-refractivity contribution in [2.75, 3.05) is 6.54 Å². The molecule has 2 aliphatic rings. The summed E-state index contributed by atoms with van der Waals surface area (Å²) in [6.45, 7) is 7.65. The second-order valence-corrected chi connectivity index (χ2v) is 10.6. The maximum absolute atomic E-state index is 13.2. The summed E-state index contributed by atoms with van der Waals surface area (Å²) in [7, 11) is 0. The second kappa shape index (κ2) is 11.1. The van der Waals surface area contributed by atoms with Crippen molar-refractivity contribution in [3.8, 4) is 0 Å². The van der Waals surface area contributed by atoms with Gasteiger partial charge >= 0.3 is 12.1 Å². The highest BCUT2D eigenvalue weighted by molar-refractivity contribution is 5.91. The van der Waals surface area contributed by atoms with Crippen LogP contribution in [0.15, 0.2) is 24.3 Å². The molecule has 1 saturated carbocycles. The SMILES string of the molecule is C[C@H](NC(=O)[C@H]1Cc2ccccc2CN1C(=O)OC(C)(C)C)C(=O)NCC1CCC(C(=O)O)CC1. The number of carboxylic acids is 1. The molecule has 3 amide bonds. The quantitative estimate of drug-likeness (QED) is 0.567. The first kappa shape index (κ1) is 26.5. The second-order valence-electron chi connectivity index (χ2n) is 10.6. The van der Waals surface area contributed by atoms with E-state index in [0.29, 0.717) is 25.8 Å². The van der Waals surface area contributed by atoms with E-state index >= 15 is 0 Å². The fourth-order valence-electron chi connectivity index (χ4n) is 4.66. The molecule has 3 N–H and O–H groups in total. The molecule has 0 spiro atoms. The number of carbonyl (C=O) groups excluding carboxylic acids is 3. The summed E-state index contributed by atoms with van der Waals surface area (Å²) < 4.78 is 5.54. The number of hydrogen-bond acceptors (Lipinski definition) is 5. The molecule has 3 rings (SSSR count). The minimum atomic E-state index is -0.790. The van der Waals surface area contributed by atoms with Gasteiger partial charge in [0, 0.05) is 13.0 Å². The van der Waals surface area contributed by atoms with E-state index in [1.165, 1.54) is 4.90 Å². The number of rotatable bonds is 6. The number of carboxylic acid groups (broad SMARTS) is 1. The fraction of sp³-hybridized carbons (Fsp3) is 0.615. The highest BCUT2D eigenvalue weighted by Crippen LogP contribution is 2.28. The van der Waals surface area contributed by atoms with E-state index in [1.807, 2.05) is 24.3 Å². The lowest BCUT2D eigenvalue weighted by Crippen LogP contribution is -2.56. The lowest BCUT2D eigenvalue weighted by atomic mass is 9.82. The Hall–Kier alpha value is -3.10. The van der Waals surface area contributed by atoms with E-state index in [1.54, 1.807) is 27.7 Å². The van der Waals surface area contributed by atoms with Crippen LogP contribution < -0.4 is 10.6 Å². The van der Waals surface area contributed by atoms with Gasteiger partial charge in [-0.3, -0.25) is 19.3 Å². The van der Waals surface area contributed by atoms with E-state index in [4.69, 9.17) is 9.84 Å². The number of amides is 3. The molecule has 1 aliphatic carbocycles. The molecule has 1 aliphatic heterocycles. The number of ether oxygens (including phenoxy) is 1. The molecule has 0 aromatic heterocycles. The summed E-state index contributed by atoms with van der Waals surface area (Å²) in [6, 6.07) is 6.10. The predicted molar refractivity (Wildman–Crippen MR) is 129 cm³/mol. The van der Waals surface area contributed by atoms with E-state index in [2.05, 4.69) is 10.6 Å². The van der Waals surface area contributed by atoms with Crippen LogP contribution in [-0.4, -0.2) is 58.1 Å². The minimum absolute atomic E-state index is 0.231. The smallest absolute Gasteiger partial charge is 0.411 e. The summed E-state index contributed by atoms with van der Waals surface area (Å²) in [5, 5.41) is 14.8. The molecule has 0 radical (unpaired) electrons. The lowest BCUT2D eigenvalue weighted by Gasteiger charge is -2.37. The van der Waals surface area contributed by atoms with Crippen molar-refractivity contribution < 1.29 is 29.0 Å². The average molecular weight is 488 g/mol. The molecular formula is C26H37N3O6. The lowest BCUT2D eigenvalue weighted by molar-refractivity contribution is -0.143. The van der Waals surface area contributed by atoms with Gasteiger partial charge < -0.3 is 20.5 Å². The van der Waals surface area contributed by atoms with Crippen LogP contribution in [-0.2, 0) is 32.1 Å². The van der Waals surface area contributed by atoms with Gasteiger partial charge in [0.2, 0.25) is 11.8 Å². The molecule has 0 bridgehead atoms. The van der Waals surface area contributed by atoms with Crippen molar-refractivity contribution in [3.05, 3.63) is 35.4 Å². The third-order valence-electron chi connectivity index (χ3n) is 6.69. The van der Waals surface area contributed by atoms with Gasteiger partial charge in [-0.15, -0.1) is 0 Å². The Bertz CT molecular complexity index is 949. The van der Waals surface area contributed by atoms with Gasteiger partial charge in [0.25, 0.3) is 0 Å². The maximum atomic E-state index is 13.2. The molecule has 192 valence electrons. The highest BCUT2D eigenvalue weighted by Gasteiger charge is 2.38. The van der Waals surface area contributed by atoms with Gasteiger partial charge in [-0.25, -0.2) is 4.79 Å². The summed E-state index contributed by atoms with van der Waals surface area (Å²) in [5.74, 6) is -1.54. The first-order chi connectivity index (χ1) is 16.4. The summed E-state index contributed by atoms with van der Waals surface area (Å²) >= 11 is 0. The van der Waals surface area contributed by atoms with Crippen LogP contribution in [0, 0.1) is 11.8 Å². The summed E-state index contributed by atoms with van der Waals surface area (Å²) in [6.07, 6.45) is 2.51. The third-order valence-corrected chi connectivity index (χ3v) is 6.69. The molecule has 35 heavy (non-hydrogen) atoms. The Labute approximate surface area is 206 Å². The normalized spacial score (nSPS) is 23.0. The van der Waals surface area contributed by atoms with Crippen LogP contribution in [0.3, 0.4) is 0 Å². The summed E-state index contributed by atoms with van der Waals surface area (Å²) in [4.78, 5) is 51.3. The Kier molecular flexibility index (Phi) is 8.40. The topological polar surface area (TPSA) is 125 Å². The van der Waals surface area contributed by atoms with Crippen molar-refractivity contribution >= 4 is 23.9 Å². The van der Waals surface area contributed by atoms with Crippen molar-refractivity contribution in [1.82, 2.24) is 15.5 Å². The predicted octanol–water partition coefficient (Wildman–Crippen LogP) is 2.86. The van der Waals surface area contributed by atoms with Crippen molar-refractivity contribution in [1.29, 1.82) is 0 Å². The number of fused-ring (bicyclic) bond motifs is 1. The zero-order valence-electron chi connectivity index (χ0n) is 21.0. The Morgan fingerprint density at radius 2 is 1.71 bits per heavy atom. The largest absolute Gasteiger partial charge is 0.481 e. The minimum Gasteiger partial charge on any atom is -0.481 e. The van der Waals surface area contributed by atoms with E-state index < -0.39 is 35.7 Å². The molecule has 0 unspecified atom stereocenters. The van der Waals surface area contributed by atoms with E-state index in [-0.39, 0.29) is 24.3 Å². The van der Waals surface area contributed by atoms with Crippen LogP contribution in [0.25, 0.3) is 0 Å². The maximum Gasteiger partial charge on any atom is 0.411 e. The zero-order chi connectivity index (χ0) is 25.8. The first-order valence-corrected chi connectivity index (χ1v) is 12.3. The third kappa shape index (κ3) is 7.19. The van der Waals surface area contributed by atoms with Gasteiger partial charge in [-0.05, 0) is 70.4 Å². The van der Waals surface area contributed by atoms with E-state index in [0.717, 1.165) is 24.0 Å². The molecule has 2 atom stereocenters. The monoisotopic (exact) mass is 487 g/mol. The Balaban J connectivity index is 1.59. The average Bonchev–Trinajstić information content (AvgIpc) is 2.80. The number of carbonyl (C=O) groups is 4. The molecule has 0 saturated heterocycles. The van der Waals surface area contributed by atoms with Gasteiger partial charge in [0.1, 0.15) is 17.7 Å². The highest BCUT2D eigenvalue weighted by atomic mass is 16.6. The van der Waals surface area contributed by atoms with Crippen molar-refractivity contribution in [2.24, 2.45) is 11.8 Å². The molecule has 9 heteroatoms. The van der Waals surface area contributed by atoms with Crippen molar-refractivity contribution in [3.63, 3.8) is 0 Å². The summed E-state index contributed by atoms with van der Waals surface area (Å²) in [5.41, 5.74) is 1.25. The molecule has 1 aromatic carbocycles. The van der Waals surface area contributed by atoms with E-state index in [9.17, 15) is 19.2 Å². The fourth-order valence-corrected chi connectivity index (χ4v) is 4.66. The van der Waals surface area contributed by atoms with Gasteiger partial charge in [-0.2, -0.15) is 0 Å². The van der Waals surface area contributed by atoms with Gasteiger partial charge in [0.15, 0.2) is 0 Å². The Morgan fingerprint density at radius 1 is 1.09 bits per heavy atom. The van der Waals surface area contributed by atoms with Crippen LogP contribution in [0.2, 0.25) is 0 Å². The van der Waals surface area contributed by atoms with Crippen LogP contribution in [0.5, 0.6) is 0 Å². The standard InChI is InChI=1S/C26H37N3O6/c1-16(22(30)27-14-17-9-11-18(12-10-17)24(32)33)28-23(31)21-13-19-7-5-6-8-20(19)15-29(21)25(34)35-26(2,3)4/h5-8,16-18,21H,9-15H2,1-4H3,(H,27,30)(H,28,31)(H,32,33)/t16-,17?,18?,21+/m0/s1. The number of nitrogens with one attached hydrogen (secondary N) is 2. The molecule has 1 heterocycles. The number of nitrogens with zero attached hydrogens (tertiary/aromatic N) is 1. The van der Waals surface area contributed by atoms with Crippen LogP contribution >= 0.6 is 0 Å². The molecule has 1 fully saturated rings. The number of hydrogen-bond donors (Lipinski definition) is 3. The number of aliphatic carboxylic acids is 1. The molecule has 1 aromatic rings. The van der Waals surface area contributed by atoms with Crippen LogP contribution in [0.1, 0.15) is 64.5 Å². The Morgan fingerprint density at radius 3 is 2.31 bits per heavy atom. The molecular weight excluding hydrogens is 450 g/mol. The van der Waals surface area contributed by atoms with Crippen LogP contribution in [0.4, 0.5) is 4.79 Å². The number of benzene rings is 1. The molecule has 9 nitrogen and oxygen atoms in total. The van der Waals surface area contributed by atoms with Crippen molar-refractivity contribution in [2.45, 2.75) is 84.0 Å². The van der Waals surface area contributed by atoms with Gasteiger partial charge in [-0.1, -0.05) is 24.3 Å².